The van der Waals surface area contributed by atoms with Crippen LogP contribution in [0.1, 0.15) is 0 Å². The van der Waals surface area contributed by atoms with Crippen LogP contribution >= 0.6 is 0 Å². The van der Waals surface area contributed by atoms with Gasteiger partial charge in [-0.25, -0.2) is 0 Å². The summed E-state index contributed by atoms with van der Waals surface area (Å²) < 4.78 is 63.2. The molecule has 0 aliphatic carbocycles. The minimum Gasteiger partial charge on any atom is -0.344 e. The van der Waals surface area contributed by atoms with Gasteiger partial charge in [0.05, 0.1) is 0 Å². The Morgan fingerprint density at radius 3 is 0.615 bits per heavy atom. The zero-order valence-electron chi connectivity index (χ0n) is 6.36. The van der Waals surface area contributed by atoms with E-state index in [-0.39, 0.29) is 31.8 Å². The van der Waals surface area contributed by atoms with Crippen molar-refractivity contribution < 1.29 is 54.5 Å². The molecule has 0 rings (SSSR count). The fraction of sp³-hybridized carbons (Fsp3) is 0. The van der Waals surface area contributed by atoms with Crippen LogP contribution in [0, 0.1) is 0 Å². The molecule has 0 unspecified atom stereocenters. The molecule has 10 N–H and O–H groups in total. The van der Waals surface area contributed by atoms with E-state index < -0.39 is 20.8 Å². The van der Waals surface area contributed by atoms with Gasteiger partial charge in [-0.3, -0.25) is 18.2 Å². The SMILES string of the molecule is N.N.O=S(=O)(O)O.O=S(=O)(O)O.[Zn]. The first-order valence-corrected chi connectivity index (χ1v) is 4.19. The average Bonchev–Trinajstić information content (AvgIpc) is 1.12. The largest absolute Gasteiger partial charge is 0.394 e. The van der Waals surface area contributed by atoms with E-state index >= 15 is 0 Å². The summed E-state index contributed by atoms with van der Waals surface area (Å²) in [5, 5.41) is 0. The van der Waals surface area contributed by atoms with Crippen LogP contribution in [0.3, 0.4) is 0 Å². The molecule has 0 spiro atoms. The molecule has 0 amide bonds. The molecule has 0 saturated heterocycles. The molecule has 0 bridgehead atoms. The van der Waals surface area contributed by atoms with Crippen LogP contribution in [0.4, 0.5) is 0 Å². The maximum atomic E-state index is 8.74. The van der Waals surface area contributed by atoms with E-state index in [0.717, 1.165) is 0 Å². The van der Waals surface area contributed by atoms with Gasteiger partial charge in [0.2, 0.25) is 0 Å². The molecular weight excluding hydrogens is 286 g/mol. The zero-order valence-corrected chi connectivity index (χ0v) is 11.0. The standard InChI is InChI=1S/2H3N.2H2O4S.Zn/c;;2*1-5(2,3)4;/h2*1H3;2*(H2,1,2,3,4);. The molecule has 10 nitrogen and oxygen atoms in total. The fourth-order valence-corrected chi connectivity index (χ4v) is 0. The summed E-state index contributed by atoms with van der Waals surface area (Å²) in [6, 6.07) is 0. The van der Waals surface area contributed by atoms with Crippen molar-refractivity contribution in [2.75, 3.05) is 0 Å². The van der Waals surface area contributed by atoms with Gasteiger partial charge in [-0.1, -0.05) is 0 Å². The summed E-state index contributed by atoms with van der Waals surface area (Å²) in [7, 11) is -9.33. The van der Waals surface area contributed by atoms with Gasteiger partial charge < -0.3 is 12.3 Å². The van der Waals surface area contributed by atoms with Gasteiger partial charge in [-0.2, -0.15) is 16.8 Å². The van der Waals surface area contributed by atoms with E-state index in [1.807, 2.05) is 0 Å². The monoisotopic (exact) mass is 294 g/mol. The molecule has 0 aromatic carbocycles. The summed E-state index contributed by atoms with van der Waals surface area (Å²) in [6.07, 6.45) is 0. The molecule has 0 aliphatic heterocycles. The van der Waals surface area contributed by atoms with Gasteiger partial charge in [0.25, 0.3) is 0 Å². The Balaban J connectivity index is -0.0000000267. The topological polar surface area (TPSA) is 219 Å². The van der Waals surface area contributed by atoms with E-state index in [1.54, 1.807) is 0 Å². The molecule has 0 heterocycles. The third-order valence-electron chi connectivity index (χ3n) is 0. The summed E-state index contributed by atoms with van der Waals surface area (Å²) >= 11 is 0. The van der Waals surface area contributed by atoms with Gasteiger partial charge in [0.1, 0.15) is 0 Å². The average molecular weight is 296 g/mol. The van der Waals surface area contributed by atoms with Crippen molar-refractivity contribution in [1.29, 1.82) is 0 Å². The first-order valence-electron chi connectivity index (χ1n) is 1.40. The van der Waals surface area contributed by atoms with Crippen LogP contribution in [-0.4, -0.2) is 35.0 Å². The Morgan fingerprint density at radius 2 is 0.615 bits per heavy atom. The predicted molar refractivity (Wildman–Crippen MR) is 38.4 cm³/mol. The molecule has 0 atom stereocenters. The van der Waals surface area contributed by atoms with Crippen molar-refractivity contribution in [3.05, 3.63) is 0 Å². The summed E-state index contributed by atoms with van der Waals surface area (Å²) in [5.74, 6) is 0. The van der Waals surface area contributed by atoms with Gasteiger partial charge in [0.15, 0.2) is 0 Å². The van der Waals surface area contributed by atoms with E-state index in [4.69, 9.17) is 35.0 Å². The van der Waals surface area contributed by atoms with Crippen molar-refractivity contribution in [2.24, 2.45) is 0 Å². The summed E-state index contributed by atoms with van der Waals surface area (Å²) in [4.78, 5) is 0. The number of hydrogen-bond donors (Lipinski definition) is 6. The quantitative estimate of drug-likeness (QED) is 0.236. The normalized spacial score (nSPS) is 8.92. The molecule has 0 aromatic rings. The minimum absolute atomic E-state index is 0. The van der Waals surface area contributed by atoms with Gasteiger partial charge >= 0.3 is 20.8 Å². The van der Waals surface area contributed by atoms with Crippen LogP contribution in [0.15, 0.2) is 0 Å². The van der Waals surface area contributed by atoms with Gasteiger partial charge in [-0.05, 0) is 0 Å². The maximum Gasteiger partial charge on any atom is 0.394 e. The second-order valence-electron chi connectivity index (χ2n) is 0.896. The smallest absolute Gasteiger partial charge is 0.344 e. The molecule has 13 heavy (non-hydrogen) atoms. The van der Waals surface area contributed by atoms with E-state index in [1.165, 1.54) is 0 Å². The Kier molecular flexibility index (Phi) is 23.3. The minimum atomic E-state index is -4.67. The van der Waals surface area contributed by atoms with Crippen molar-refractivity contribution in [2.45, 2.75) is 0 Å². The van der Waals surface area contributed by atoms with Crippen molar-refractivity contribution in [3.63, 3.8) is 0 Å². The predicted octanol–water partition coefficient (Wildman–Crippen LogP) is -0.984. The summed E-state index contributed by atoms with van der Waals surface area (Å²) in [5.41, 5.74) is 0. The van der Waals surface area contributed by atoms with Crippen LogP contribution < -0.4 is 12.3 Å². The first kappa shape index (κ1) is 29.2. The van der Waals surface area contributed by atoms with Crippen LogP contribution in [0.5, 0.6) is 0 Å². The Labute approximate surface area is 87.8 Å². The first-order chi connectivity index (χ1) is 4.00. The van der Waals surface area contributed by atoms with E-state index in [9.17, 15) is 0 Å². The van der Waals surface area contributed by atoms with Crippen molar-refractivity contribution in [1.82, 2.24) is 12.3 Å². The van der Waals surface area contributed by atoms with Crippen molar-refractivity contribution in [3.8, 4) is 0 Å². The second-order valence-corrected chi connectivity index (χ2v) is 2.69. The molecule has 13 heteroatoms. The third-order valence-corrected chi connectivity index (χ3v) is 0. The molecule has 0 saturated carbocycles. The third kappa shape index (κ3) is 16200. The second kappa shape index (κ2) is 10.4. The number of rotatable bonds is 0. The van der Waals surface area contributed by atoms with E-state index in [0.29, 0.717) is 0 Å². The zero-order chi connectivity index (χ0) is 9.00. The molecule has 0 aromatic heterocycles. The van der Waals surface area contributed by atoms with Gasteiger partial charge in [-0.15, -0.1) is 0 Å². The number of hydrogen-bond acceptors (Lipinski definition) is 6. The Bertz CT molecular complexity index is 217. The fourth-order valence-electron chi connectivity index (χ4n) is 0. The van der Waals surface area contributed by atoms with E-state index in [2.05, 4.69) is 0 Å². The van der Waals surface area contributed by atoms with Gasteiger partial charge in [0, 0.05) is 19.5 Å². The summed E-state index contributed by atoms with van der Waals surface area (Å²) in [6.45, 7) is 0. The van der Waals surface area contributed by atoms with Crippen LogP contribution in [-0.2, 0) is 40.3 Å². The Morgan fingerprint density at radius 1 is 0.615 bits per heavy atom. The maximum absolute atomic E-state index is 8.74. The van der Waals surface area contributed by atoms with Crippen LogP contribution in [0.2, 0.25) is 0 Å². The molecule has 0 aliphatic rings. The van der Waals surface area contributed by atoms with Crippen molar-refractivity contribution >= 4 is 20.8 Å². The molecular formula is H10N2O8S2Zn. The molecule has 82 valence electrons. The Hall–Kier alpha value is 0.283. The molecule has 0 radical (unpaired) electrons. The molecule has 0 fully saturated rings. The van der Waals surface area contributed by atoms with Crippen LogP contribution in [0.25, 0.3) is 0 Å².